The zero-order valence-electron chi connectivity index (χ0n) is 14.3. The highest BCUT2D eigenvalue weighted by molar-refractivity contribution is 8.06. The van der Waals surface area contributed by atoms with E-state index in [4.69, 9.17) is 9.57 Å². The molecule has 1 atom stereocenters. The number of rotatable bonds is 5. The van der Waals surface area contributed by atoms with Crippen LogP contribution in [0.4, 0.5) is 4.79 Å². The minimum atomic E-state index is -0.468. The molecule has 1 fully saturated rings. The predicted molar refractivity (Wildman–Crippen MR) is 95.3 cm³/mol. The lowest BCUT2D eigenvalue weighted by atomic mass is 10.1. The second kappa shape index (κ2) is 8.50. The number of hydrazine groups is 1. The van der Waals surface area contributed by atoms with Crippen LogP contribution < -0.4 is 4.83 Å². The molecule has 1 amide bonds. The van der Waals surface area contributed by atoms with E-state index in [1.165, 1.54) is 11.9 Å². The molecular formula is C15H27N3O3S2. The molecular weight excluding hydrogens is 334 g/mol. The Labute approximate surface area is 147 Å². The number of nitrogens with zero attached hydrogens (tertiary/aromatic N) is 2. The van der Waals surface area contributed by atoms with Crippen LogP contribution in [0.15, 0.2) is 10.4 Å². The van der Waals surface area contributed by atoms with Crippen LogP contribution >= 0.6 is 23.7 Å². The third-order valence-corrected chi connectivity index (χ3v) is 5.19. The minimum Gasteiger partial charge on any atom is -0.444 e. The summed E-state index contributed by atoms with van der Waals surface area (Å²) in [5.41, 5.74) is -0.468. The Hall–Kier alpha value is -0.570. The molecule has 8 heteroatoms. The van der Waals surface area contributed by atoms with Gasteiger partial charge < -0.3 is 9.64 Å². The van der Waals surface area contributed by atoms with E-state index >= 15 is 0 Å². The van der Waals surface area contributed by atoms with Crippen molar-refractivity contribution < 1.29 is 14.4 Å². The highest BCUT2D eigenvalue weighted by Gasteiger charge is 2.30. The third-order valence-electron chi connectivity index (χ3n) is 3.23. The number of thioether (sulfide) groups is 1. The third kappa shape index (κ3) is 6.10. The summed E-state index contributed by atoms with van der Waals surface area (Å²) >= 11 is 3.28. The van der Waals surface area contributed by atoms with Crippen molar-refractivity contribution in [2.45, 2.75) is 58.7 Å². The number of carbonyl (C=O) groups excluding carboxylic acids is 1. The first-order valence-corrected chi connectivity index (χ1v) is 9.94. The lowest BCUT2D eigenvalue weighted by Gasteiger charge is -2.35. The van der Waals surface area contributed by atoms with Gasteiger partial charge in [-0.15, -0.1) is 16.6 Å². The van der Waals surface area contributed by atoms with Gasteiger partial charge in [0.1, 0.15) is 16.7 Å². The average Bonchev–Trinajstić information content (AvgIpc) is 2.91. The van der Waals surface area contributed by atoms with E-state index < -0.39 is 5.60 Å². The van der Waals surface area contributed by atoms with E-state index in [9.17, 15) is 4.79 Å². The molecule has 0 saturated carbocycles. The highest BCUT2D eigenvalue weighted by Crippen LogP contribution is 2.30. The molecule has 0 aromatic carbocycles. The van der Waals surface area contributed by atoms with E-state index in [0.717, 1.165) is 36.6 Å². The number of hydrogen-bond acceptors (Lipinski definition) is 7. The Morgan fingerprint density at radius 3 is 3.00 bits per heavy atom. The van der Waals surface area contributed by atoms with Crippen molar-refractivity contribution in [2.24, 2.45) is 0 Å². The molecule has 0 radical (unpaired) electrons. The number of amides is 1. The number of piperidine rings is 1. The Kier molecular flexibility index (Phi) is 6.94. The van der Waals surface area contributed by atoms with Crippen LogP contribution in [0.1, 0.15) is 47.0 Å². The van der Waals surface area contributed by atoms with Crippen molar-refractivity contribution in [2.75, 3.05) is 18.8 Å². The van der Waals surface area contributed by atoms with Gasteiger partial charge in [-0.25, -0.2) is 4.79 Å². The largest absolute Gasteiger partial charge is 0.444 e. The summed E-state index contributed by atoms with van der Waals surface area (Å²) in [4.78, 5) is 23.1. The zero-order valence-corrected chi connectivity index (χ0v) is 16.0. The standard InChI is InChI=1S/C15H27N3O3S2/c1-5-9-22-13-11-23-16-18(13)21-12-7-6-8-17(10-12)14(19)20-15(2,3)4/h11-12,16H,5-10H2,1-4H3. The molecule has 6 nitrogen and oxygen atoms in total. The maximum Gasteiger partial charge on any atom is 0.410 e. The normalized spacial score (nSPS) is 22.3. The Balaban J connectivity index is 1.84. The van der Waals surface area contributed by atoms with Crippen LogP contribution in [0.3, 0.4) is 0 Å². The molecule has 0 aliphatic carbocycles. The van der Waals surface area contributed by atoms with E-state index in [1.807, 2.05) is 20.8 Å². The first-order valence-electron chi connectivity index (χ1n) is 8.08. The van der Waals surface area contributed by atoms with Crippen LogP contribution in [-0.4, -0.2) is 46.7 Å². The predicted octanol–water partition coefficient (Wildman–Crippen LogP) is 3.73. The van der Waals surface area contributed by atoms with Gasteiger partial charge in [-0.3, -0.25) is 4.84 Å². The van der Waals surface area contributed by atoms with E-state index in [-0.39, 0.29) is 12.2 Å². The summed E-state index contributed by atoms with van der Waals surface area (Å²) in [5.74, 6) is 1.06. The average molecular weight is 362 g/mol. The van der Waals surface area contributed by atoms with Gasteiger partial charge in [0.15, 0.2) is 0 Å². The summed E-state index contributed by atoms with van der Waals surface area (Å²) in [6.45, 7) is 9.10. The number of nitrogens with one attached hydrogen (secondary N) is 1. The summed E-state index contributed by atoms with van der Waals surface area (Å²) in [6, 6.07) is 0. The van der Waals surface area contributed by atoms with Gasteiger partial charge in [0.25, 0.3) is 0 Å². The van der Waals surface area contributed by atoms with Crippen LogP contribution in [0, 0.1) is 0 Å². The molecule has 0 bridgehead atoms. The van der Waals surface area contributed by atoms with Crippen molar-refractivity contribution in [1.82, 2.24) is 14.9 Å². The topological polar surface area (TPSA) is 54.0 Å². The Morgan fingerprint density at radius 1 is 1.52 bits per heavy atom. The van der Waals surface area contributed by atoms with Crippen LogP contribution in [0.5, 0.6) is 0 Å². The second-order valence-corrected chi connectivity index (χ2v) is 8.37. The van der Waals surface area contributed by atoms with Crippen molar-refractivity contribution in [3.8, 4) is 0 Å². The molecule has 23 heavy (non-hydrogen) atoms. The molecule has 1 saturated heterocycles. The van der Waals surface area contributed by atoms with Crippen LogP contribution in [-0.2, 0) is 9.57 Å². The quantitative estimate of drug-likeness (QED) is 0.749. The monoisotopic (exact) mass is 361 g/mol. The maximum absolute atomic E-state index is 12.2. The number of ether oxygens (including phenoxy) is 1. The van der Waals surface area contributed by atoms with E-state index in [2.05, 4.69) is 17.2 Å². The molecule has 2 rings (SSSR count). The first-order chi connectivity index (χ1) is 10.9. The van der Waals surface area contributed by atoms with Crippen LogP contribution in [0.25, 0.3) is 0 Å². The highest BCUT2D eigenvalue weighted by atomic mass is 32.2. The van der Waals surface area contributed by atoms with Gasteiger partial charge in [0.05, 0.1) is 6.54 Å². The van der Waals surface area contributed by atoms with Crippen molar-refractivity contribution in [1.29, 1.82) is 0 Å². The summed E-state index contributed by atoms with van der Waals surface area (Å²) in [6.07, 6.45) is 2.70. The molecule has 0 spiro atoms. The van der Waals surface area contributed by atoms with Crippen molar-refractivity contribution in [3.05, 3.63) is 10.4 Å². The zero-order chi connectivity index (χ0) is 16.9. The second-order valence-electron chi connectivity index (χ2n) is 6.60. The lowest BCUT2D eigenvalue weighted by Crippen LogP contribution is -2.47. The van der Waals surface area contributed by atoms with Gasteiger partial charge in [-0.1, -0.05) is 6.92 Å². The minimum absolute atomic E-state index is 0.0203. The Morgan fingerprint density at radius 2 is 2.30 bits per heavy atom. The van der Waals surface area contributed by atoms with Crippen molar-refractivity contribution >= 4 is 29.8 Å². The number of likely N-dealkylation sites (tertiary alicyclic amines) is 1. The van der Waals surface area contributed by atoms with Crippen LogP contribution in [0.2, 0.25) is 0 Å². The van der Waals surface area contributed by atoms with Gasteiger partial charge in [-0.2, -0.15) is 5.17 Å². The van der Waals surface area contributed by atoms with E-state index in [0.29, 0.717) is 6.54 Å². The summed E-state index contributed by atoms with van der Waals surface area (Å²) in [7, 11) is 0. The molecule has 0 aromatic rings. The molecule has 1 unspecified atom stereocenters. The molecule has 1 N–H and O–H groups in total. The first kappa shape index (κ1) is 18.8. The van der Waals surface area contributed by atoms with E-state index in [1.54, 1.807) is 21.8 Å². The van der Waals surface area contributed by atoms with Gasteiger partial charge in [-0.05, 0) is 57.7 Å². The fourth-order valence-corrected chi connectivity index (χ4v) is 3.84. The fourth-order valence-electron chi connectivity index (χ4n) is 2.26. The number of hydrogen-bond donors (Lipinski definition) is 1. The van der Waals surface area contributed by atoms with Gasteiger partial charge >= 0.3 is 6.09 Å². The molecule has 2 heterocycles. The molecule has 0 aromatic heterocycles. The fraction of sp³-hybridized carbons (Fsp3) is 0.800. The number of carbonyl (C=O) groups is 1. The smallest absolute Gasteiger partial charge is 0.410 e. The number of hydroxylamine groups is 1. The molecule has 2 aliphatic heterocycles. The SMILES string of the molecule is CCCSC1=CSNN1OC1CCCN(C(=O)OC(C)(C)C)C1. The maximum atomic E-state index is 12.2. The molecule has 2 aliphatic rings. The van der Waals surface area contributed by atoms with Gasteiger partial charge in [0, 0.05) is 12.0 Å². The Bertz CT molecular complexity index is 440. The van der Waals surface area contributed by atoms with Crippen molar-refractivity contribution in [3.63, 3.8) is 0 Å². The summed E-state index contributed by atoms with van der Waals surface area (Å²) in [5, 5.41) is 4.86. The lowest BCUT2D eigenvalue weighted by molar-refractivity contribution is -0.191. The molecule has 132 valence electrons. The van der Waals surface area contributed by atoms with Gasteiger partial charge in [0.2, 0.25) is 0 Å². The summed E-state index contributed by atoms with van der Waals surface area (Å²) < 4.78 is 5.45.